The third kappa shape index (κ3) is 2.31. The monoisotopic (exact) mass is 412 g/mol. The molecule has 0 aliphatic carbocycles. The van der Waals surface area contributed by atoms with Gasteiger partial charge in [0, 0.05) is 28.4 Å². The van der Waals surface area contributed by atoms with Gasteiger partial charge in [0.05, 0.1) is 0 Å². The molecular weight excluding hydrogens is 387 g/mol. The second-order valence-electron chi connectivity index (χ2n) is 9.89. The van der Waals surface area contributed by atoms with E-state index in [2.05, 4.69) is 98.6 Å². The maximum atomic E-state index is 3.83. The van der Waals surface area contributed by atoms with Crippen LogP contribution < -0.4 is 26.6 Å². The summed E-state index contributed by atoms with van der Waals surface area (Å²) in [6, 6.07) is 23.2. The third-order valence-corrected chi connectivity index (χ3v) is 7.39. The van der Waals surface area contributed by atoms with Gasteiger partial charge in [-0.2, -0.15) is 0 Å². The van der Waals surface area contributed by atoms with Gasteiger partial charge in [-0.25, -0.2) is 0 Å². The van der Waals surface area contributed by atoms with Crippen molar-refractivity contribution in [3.05, 3.63) is 94.0 Å². The fraction of sp³-hybridized carbons (Fsp3) is 0.172. The van der Waals surface area contributed by atoms with Crippen molar-refractivity contribution in [1.82, 2.24) is 0 Å². The highest BCUT2D eigenvalue weighted by Crippen LogP contribution is 2.42. The van der Waals surface area contributed by atoms with Crippen LogP contribution in [-0.2, 0) is 6.42 Å². The molecule has 3 heteroatoms. The Morgan fingerprint density at radius 1 is 0.625 bits per heavy atom. The quantitative estimate of drug-likeness (QED) is 0.374. The number of aryl methyl sites for hydroxylation is 4. The van der Waals surface area contributed by atoms with Crippen LogP contribution in [0.3, 0.4) is 0 Å². The molecule has 3 aliphatic rings. The van der Waals surface area contributed by atoms with Gasteiger partial charge in [0.15, 0.2) is 0 Å². The minimum atomic E-state index is 0.300. The summed E-state index contributed by atoms with van der Waals surface area (Å²) >= 11 is 0. The molecule has 1 N–H and O–H groups in total. The minimum absolute atomic E-state index is 0.300. The topological polar surface area (TPSA) is 15.3 Å². The van der Waals surface area contributed by atoms with Gasteiger partial charge >= 0.3 is 0 Å². The molecule has 154 valence electrons. The minimum Gasteiger partial charge on any atom is -0.356 e. The predicted octanol–water partition coefficient (Wildman–Crippen LogP) is 5.18. The van der Waals surface area contributed by atoms with Crippen LogP contribution in [0.25, 0.3) is 0 Å². The van der Waals surface area contributed by atoms with E-state index in [1.165, 1.54) is 78.2 Å². The van der Waals surface area contributed by atoms with Crippen molar-refractivity contribution < 1.29 is 0 Å². The maximum absolute atomic E-state index is 3.83. The summed E-state index contributed by atoms with van der Waals surface area (Å²) in [6.45, 7) is 9.12. The molecule has 0 bridgehead atoms. The highest BCUT2D eigenvalue weighted by atomic mass is 15.2. The SMILES string of the molecule is Cc1ccc(N2c3cc(C)cc4c3B3c5c(cc(C)cc5Nc5cc(C)cc2c53)C4)cc1. The highest BCUT2D eigenvalue weighted by Gasteiger charge is 2.45. The lowest BCUT2D eigenvalue weighted by Gasteiger charge is -2.44. The molecule has 0 fully saturated rings. The third-order valence-electron chi connectivity index (χ3n) is 7.39. The average Bonchev–Trinajstić information content (AvgIpc) is 2.73. The Labute approximate surface area is 190 Å². The maximum Gasteiger partial charge on any atom is 0.252 e. The molecule has 0 saturated heterocycles. The first-order chi connectivity index (χ1) is 15.5. The van der Waals surface area contributed by atoms with E-state index in [0.717, 1.165) is 6.42 Å². The largest absolute Gasteiger partial charge is 0.356 e. The standard InChI is InChI=1S/C29H25BN2/c1-16-5-7-22(8-6-16)32-25-13-18(3)10-21-15-20-9-17(2)11-23-27(20)30(28(21)25)29-24(31-23)12-19(4)14-26(29)32/h5-14,31H,15H2,1-4H3. The van der Waals surface area contributed by atoms with Crippen molar-refractivity contribution >= 4 is 51.5 Å². The summed E-state index contributed by atoms with van der Waals surface area (Å²) in [6.07, 6.45) is 1.00. The van der Waals surface area contributed by atoms with Crippen LogP contribution in [0, 0.1) is 27.7 Å². The molecule has 0 spiro atoms. The first kappa shape index (κ1) is 18.1. The van der Waals surface area contributed by atoms with Crippen molar-refractivity contribution in [1.29, 1.82) is 0 Å². The van der Waals surface area contributed by atoms with Gasteiger partial charge in [0.1, 0.15) is 0 Å². The van der Waals surface area contributed by atoms with E-state index in [-0.39, 0.29) is 0 Å². The molecule has 32 heavy (non-hydrogen) atoms. The van der Waals surface area contributed by atoms with Gasteiger partial charge in [-0.05, 0) is 115 Å². The smallest absolute Gasteiger partial charge is 0.252 e. The van der Waals surface area contributed by atoms with E-state index in [1.807, 2.05) is 0 Å². The van der Waals surface area contributed by atoms with Gasteiger partial charge < -0.3 is 10.2 Å². The molecule has 0 saturated carbocycles. The van der Waals surface area contributed by atoms with Gasteiger partial charge in [0.2, 0.25) is 0 Å². The summed E-state index contributed by atoms with van der Waals surface area (Å²) in [5.41, 5.74) is 19.0. The number of anilines is 5. The molecule has 7 rings (SSSR count). The fourth-order valence-electron chi connectivity index (χ4n) is 6.24. The van der Waals surface area contributed by atoms with Crippen molar-refractivity contribution in [3.63, 3.8) is 0 Å². The van der Waals surface area contributed by atoms with E-state index < -0.39 is 0 Å². The molecule has 0 atom stereocenters. The normalized spacial score (nSPS) is 14.2. The first-order valence-electron chi connectivity index (χ1n) is 11.5. The molecule has 0 amide bonds. The molecule has 3 heterocycles. The molecule has 0 radical (unpaired) electrons. The number of rotatable bonds is 1. The highest BCUT2D eigenvalue weighted by molar-refractivity contribution is 7.01. The molecule has 2 nitrogen and oxygen atoms in total. The van der Waals surface area contributed by atoms with Gasteiger partial charge in [-0.1, -0.05) is 29.8 Å². The zero-order valence-electron chi connectivity index (χ0n) is 19.0. The summed E-state index contributed by atoms with van der Waals surface area (Å²) in [5, 5.41) is 3.83. The van der Waals surface area contributed by atoms with Crippen LogP contribution in [-0.4, -0.2) is 6.71 Å². The van der Waals surface area contributed by atoms with E-state index in [0.29, 0.717) is 6.71 Å². The number of nitrogens with zero attached hydrogens (tertiary/aromatic N) is 1. The van der Waals surface area contributed by atoms with E-state index in [9.17, 15) is 0 Å². The van der Waals surface area contributed by atoms with Crippen LogP contribution in [0.1, 0.15) is 33.4 Å². The Balaban J connectivity index is 1.62. The van der Waals surface area contributed by atoms with Crippen molar-refractivity contribution in [2.45, 2.75) is 34.1 Å². The number of nitrogens with one attached hydrogen (secondary N) is 1. The lowest BCUT2D eigenvalue weighted by molar-refractivity contribution is 1.16. The van der Waals surface area contributed by atoms with Crippen LogP contribution in [0.2, 0.25) is 0 Å². The van der Waals surface area contributed by atoms with Crippen molar-refractivity contribution in [2.75, 3.05) is 10.2 Å². The molecule has 0 aromatic heterocycles. The zero-order chi connectivity index (χ0) is 21.7. The van der Waals surface area contributed by atoms with Gasteiger partial charge in [-0.3, -0.25) is 0 Å². The van der Waals surface area contributed by atoms with E-state index >= 15 is 0 Å². The fourth-order valence-corrected chi connectivity index (χ4v) is 6.24. The van der Waals surface area contributed by atoms with E-state index in [1.54, 1.807) is 0 Å². The van der Waals surface area contributed by atoms with Crippen LogP contribution in [0.5, 0.6) is 0 Å². The van der Waals surface area contributed by atoms with Crippen LogP contribution in [0.15, 0.2) is 60.7 Å². The predicted molar refractivity (Wildman–Crippen MR) is 137 cm³/mol. The number of hydrogen-bond acceptors (Lipinski definition) is 2. The lowest BCUT2D eigenvalue weighted by Crippen LogP contribution is -2.64. The Morgan fingerprint density at radius 3 is 1.91 bits per heavy atom. The summed E-state index contributed by atoms with van der Waals surface area (Å²) in [4.78, 5) is 2.50. The summed E-state index contributed by atoms with van der Waals surface area (Å²) in [7, 11) is 0. The van der Waals surface area contributed by atoms with Crippen molar-refractivity contribution in [3.8, 4) is 0 Å². The van der Waals surface area contributed by atoms with Gasteiger partial charge in [0.25, 0.3) is 6.71 Å². The zero-order valence-corrected chi connectivity index (χ0v) is 19.0. The Hall–Kier alpha value is -3.46. The second kappa shape index (κ2) is 6.07. The first-order valence-corrected chi connectivity index (χ1v) is 11.5. The Bertz CT molecular complexity index is 1380. The van der Waals surface area contributed by atoms with Crippen LogP contribution >= 0.6 is 0 Å². The number of benzene rings is 4. The van der Waals surface area contributed by atoms with Gasteiger partial charge in [-0.15, -0.1) is 0 Å². The molecule has 0 unspecified atom stereocenters. The lowest BCUT2D eigenvalue weighted by atomic mass is 9.30. The number of hydrogen-bond donors (Lipinski definition) is 1. The molecule has 3 aliphatic heterocycles. The average molecular weight is 412 g/mol. The Morgan fingerprint density at radius 2 is 1.19 bits per heavy atom. The Kier molecular flexibility index (Phi) is 3.44. The summed E-state index contributed by atoms with van der Waals surface area (Å²) < 4.78 is 0. The molecule has 4 aromatic carbocycles. The van der Waals surface area contributed by atoms with E-state index in [4.69, 9.17) is 0 Å². The molecule has 4 aromatic rings. The second-order valence-corrected chi connectivity index (χ2v) is 9.89. The summed E-state index contributed by atoms with van der Waals surface area (Å²) in [5.74, 6) is 0. The van der Waals surface area contributed by atoms with Crippen molar-refractivity contribution in [2.24, 2.45) is 0 Å². The molecular formula is C29H25BN2. The van der Waals surface area contributed by atoms with Crippen LogP contribution in [0.4, 0.5) is 28.4 Å².